The lowest BCUT2D eigenvalue weighted by Crippen LogP contribution is -2.27. The summed E-state index contributed by atoms with van der Waals surface area (Å²) in [5.41, 5.74) is 1.49. The number of rotatable bonds is 3. The highest BCUT2D eigenvalue weighted by Gasteiger charge is 1.99. The van der Waals surface area contributed by atoms with E-state index >= 15 is 0 Å². The van der Waals surface area contributed by atoms with Gasteiger partial charge in [-0.2, -0.15) is 0 Å². The Kier molecular flexibility index (Phi) is 4.41. The number of benzene rings is 2. The average Bonchev–Trinajstić information content (AvgIpc) is 2.39. The molecule has 2 rings (SSSR count). The number of halogens is 2. The summed E-state index contributed by atoms with van der Waals surface area (Å²) in [4.78, 5) is 0. The van der Waals surface area contributed by atoms with Gasteiger partial charge in [-0.3, -0.25) is 0 Å². The smallest absolute Gasteiger partial charge is 0.171 e. The molecule has 0 heterocycles. The zero-order chi connectivity index (χ0) is 13.7. The Balaban J connectivity index is 1.86. The van der Waals surface area contributed by atoms with Crippen molar-refractivity contribution >= 4 is 23.0 Å². The highest BCUT2D eigenvalue weighted by atomic mass is 32.1. The van der Waals surface area contributed by atoms with Crippen molar-refractivity contribution in [3.05, 3.63) is 65.7 Å². The van der Waals surface area contributed by atoms with Crippen LogP contribution >= 0.6 is 12.2 Å². The molecule has 19 heavy (non-hydrogen) atoms. The molecule has 0 saturated carbocycles. The van der Waals surface area contributed by atoms with Crippen LogP contribution in [-0.4, -0.2) is 5.11 Å². The molecule has 98 valence electrons. The predicted molar refractivity (Wildman–Crippen MR) is 75.9 cm³/mol. The fourth-order valence-electron chi connectivity index (χ4n) is 1.54. The molecule has 2 aromatic carbocycles. The van der Waals surface area contributed by atoms with Gasteiger partial charge in [0.2, 0.25) is 0 Å². The molecule has 0 saturated heterocycles. The average molecular weight is 278 g/mol. The third-order valence-electron chi connectivity index (χ3n) is 2.44. The first-order valence-electron chi connectivity index (χ1n) is 5.68. The summed E-state index contributed by atoms with van der Waals surface area (Å²) in [5, 5.41) is 6.26. The molecular formula is C14H12F2N2S. The molecule has 0 aromatic heterocycles. The summed E-state index contributed by atoms with van der Waals surface area (Å²) in [6.45, 7) is 0.421. The van der Waals surface area contributed by atoms with Gasteiger partial charge in [0.1, 0.15) is 11.6 Å². The molecule has 5 heteroatoms. The van der Waals surface area contributed by atoms with Gasteiger partial charge in [0.25, 0.3) is 0 Å². The van der Waals surface area contributed by atoms with Gasteiger partial charge in [-0.05, 0) is 54.2 Å². The van der Waals surface area contributed by atoms with E-state index in [0.717, 1.165) is 5.56 Å². The minimum atomic E-state index is -0.302. The van der Waals surface area contributed by atoms with E-state index in [9.17, 15) is 8.78 Å². The zero-order valence-corrected chi connectivity index (χ0v) is 10.8. The minimum Gasteiger partial charge on any atom is -0.358 e. The maximum absolute atomic E-state index is 13.0. The van der Waals surface area contributed by atoms with E-state index in [4.69, 9.17) is 12.2 Å². The van der Waals surface area contributed by atoms with E-state index in [0.29, 0.717) is 17.3 Å². The van der Waals surface area contributed by atoms with Crippen molar-refractivity contribution in [1.29, 1.82) is 0 Å². The summed E-state index contributed by atoms with van der Waals surface area (Å²) in [6, 6.07) is 12.1. The van der Waals surface area contributed by atoms with Crippen molar-refractivity contribution < 1.29 is 8.78 Å². The summed E-state index contributed by atoms with van der Waals surface area (Å²) >= 11 is 5.09. The Labute approximate surface area is 115 Å². The van der Waals surface area contributed by atoms with Crippen molar-refractivity contribution in [2.45, 2.75) is 6.54 Å². The van der Waals surface area contributed by atoms with Crippen molar-refractivity contribution in [3.8, 4) is 0 Å². The van der Waals surface area contributed by atoms with Crippen molar-refractivity contribution in [3.63, 3.8) is 0 Å². The first kappa shape index (κ1) is 13.4. The normalized spacial score (nSPS) is 10.0. The summed E-state index contributed by atoms with van der Waals surface area (Å²) < 4.78 is 25.7. The number of hydrogen-bond donors (Lipinski definition) is 2. The quantitative estimate of drug-likeness (QED) is 0.841. The van der Waals surface area contributed by atoms with Crippen molar-refractivity contribution in [2.75, 3.05) is 5.32 Å². The Morgan fingerprint density at radius 3 is 2.42 bits per heavy atom. The van der Waals surface area contributed by atoms with Crippen LogP contribution in [0.4, 0.5) is 14.5 Å². The lowest BCUT2D eigenvalue weighted by Gasteiger charge is -2.10. The van der Waals surface area contributed by atoms with Gasteiger partial charge in [0.15, 0.2) is 5.11 Å². The molecule has 0 amide bonds. The Hall–Kier alpha value is -2.01. The van der Waals surface area contributed by atoms with Crippen LogP contribution in [0.15, 0.2) is 48.5 Å². The van der Waals surface area contributed by atoms with Crippen LogP contribution in [0.25, 0.3) is 0 Å². The van der Waals surface area contributed by atoms with Crippen molar-refractivity contribution in [1.82, 2.24) is 5.32 Å². The lowest BCUT2D eigenvalue weighted by atomic mass is 10.2. The minimum absolute atomic E-state index is 0.281. The number of nitrogens with one attached hydrogen (secondary N) is 2. The van der Waals surface area contributed by atoms with Crippen LogP contribution in [-0.2, 0) is 6.54 Å². The summed E-state index contributed by atoms with van der Waals surface area (Å²) in [6.07, 6.45) is 0. The third kappa shape index (κ3) is 4.30. The van der Waals surface area contributed by atoms with Crippen molar-refractivity contribution in [2.24, 2.45) is 0 Å². The van der Waals surface area contributed by atoms with E-state index < -0.39 is 0 Å². The van der Waals surface area contributed by atoms with Crippen LogP contribution in [0, 0.1) is 11.6 Å². The van der Waals surface area contributed by atoms with Crippen LogP contribution in [0.3, 0.4) is 0 Å². The van der Waals surface area contributed by atoms with Gasteiger partial charge in [-0.25, -0.2) is 8.78 Å². The zero-order valence-electron chi connectivity index (χ0n) is 9.99. The topological polar surface area (TPSA) is 24.1 Å². The second-order valence-corrected chi connectivity index (χ2v) is 4.35. The molecule has 2 nitrogen and oxygen atoms in total. The predicted octanol–water partition coefficient (Wildman–Crippen LogP) is 3.45. The lowest BCUT2D eigenvalue weighted by molar-refractivity contribution is 0.625. The molecule has 0 fully saturated rings. The van der Waals surface area contributed by atoms with Crippen LogP contribution in [0.2, 0.25) is 0 Å². The van der Waals surface area contributed by atoms with Gasteiger partial charge in [0, 0.05) is 12.2 Å². The SMILES string of the molecule is Fc1ccc(NC(=S)NCc2cccc(F)c2)cc1. The first-order valence-corrected chi connectivity index (χ1v) is 6.09. The fraction of sp³-hybridized carbons (Fsp3) is 0.0714. The molecule has 0 aliphatic heterocycles. The van der Waals surface area contributed by atoms with Crippen LogP contribution < -0.4 is 10.6 Å². The third-order valence-corrected chi connectivity index (χ3v) is 2.69. The van der Waals surface area contributed by atoms with E-state index in [1.165, 1.54) is 24.3 Å². The van der Waals surface area contributed by atoms with E-state index in [1.54, 1.807) is 24.3 Å². The Morgan fingerprint density at radius 1 is 1.00 bits per heavy atom. The van der Waals surface area contributed by atoms with Crippen LogP contribution in [0.1, 0.15) is 5.56 Å². The molecule has 2 aromatic rings. The maximum atomic E-state index is 13.0. The summed E-state index contributed by atoms with van der Waals surface area (Å²) in [7, 11) is 0. The standard InChI is InChI=1S/C14H12F2N2S/c15-11-4-6-13(7-5-11)18-14(19)17-9-10-2-1-3-12(16)8-10/h1-8H,9H2,(H2,17,18,19). The Morgan fingerprint density at radius 2 is 1.74 bits per heavy atom. The van der Waals surface area contributed by atoms with E-state index in [2.05, 4.69) is 10.6 Å². The first-order chi connectivity index (χ1) is 9.13. The summed E-state index contributed by atoms with van der Waals surface area (Å²) in [5.74, 6) is -0.582. The second-order valence-electron chi connectivity index (χ2n) is 3.94. The number of hydrogen-bond acceptors (Lipinski definition) is 1. The molecular weight excluding hydrogens is 266 g/mol. The number of thiocarbonyl (C=S) groups is 1. The van der Waals surface area contributed by atoms with Gasteiger partial charge in [0.05, 0.1) is 0 Å². The van der Waals surface area contributed by atoms with Gasteiger partial charge >= 0.3 is 0 Å². The molecule has 0 bridgehead atoms. The molecule has 0 aliphatic rings. The molecule has 0 aliphatic carbocycles. The second kappa shape index (κ2) is 6.24. The van der Waals surface area contributed by atoms with Gasteiger partial charge in [-0.15, -0.1) is 0 Å². The maximum Gasteiger partial charge on any atom is 0.171 e. The monoisotopic (exact) mass is 278 g/mol. The fourth-order valence-corrected chi connectivity index (χ4v) is 1.73. The van der Waals surface area contributed by atoms with E-state index in [1.807, 2.05) is 0 Å². The molecule has 0 spiro atoms. The molecule has 0 unspecified atom stereocenters. The van der Waals surface area contributed by atoms with Gasteiger partial charge < -0.3 is 10.6 Å². The highest BCUT2D eigenvalue weighted by Crippen LogP contribution is 2.08. The molecule has 0 radical (unpaired) electrons. The molecule has 2 N–H and O–H groups in total. The highest BCUT2D eigenvalue weighted by molar-refractivity contribution is 7.80. The number of anilines is 1. The Bertz CT molecular complexity index is 570. The van der Waals surface area contributed by atoms with E-state index in [-0.39, 0.29) is 11.6 Å². The van der Waals surface area contributed by atoms with Gasteiger partial charge in [-0.1, -0.05) is 12.1 Å². The largest absolute Gasteiger partial charge is 0.358 e. The molecule has 0 atom stereocenters. The van der Waals surface area contributed by atoms with Crippen LogP contribution in [0.5, 0.6) is 0 Å².